The van der Waals surface area contributed by atoms with Gasteiger partial charge in [-0.15, -0.1) is 0 Å². The summed E-state index contributed by atoms with van der Waals surface area (Å²) in [7, 11) is 1.68. The predicted octanol–water partition coefficient (Wildman–Crippen LogP) is 2.73. The highest BCUT2D eigenvalue weighted by molar-refractivity contribution is 8.00. The van der Waals surface area contributed by atoms with Crippen LogP contribution in [0.4, 0.5) is 0 Å². The van der Waals surface area contributed by atoms with Crippen molar-refractivity contribution in [2.24, 2.45) is 5.84 Å². The van der Waals surface area contributed by atoms with Gasteiger partial charge >= 0.3 is 0 Å². The molecule has 1 aromatic rings. The van der Waals surface area contributed by atoms with E-state index in [1.807, 2.05) is 36.0 Å². The first-order chi connectivity index (χ1) is 7.98. The number of benzene rings is 1. The summed E-state index contributed by atoms with van der Waals surface area (Å²) in [5.41, 5.74) is 3.97. The van der Waals surface area contributed by atoms with Crippen LogP contribution in [0.1, 0.15) is 32.4 Å². The Morgan fingerprint density at radius 3 is 2.53 bits per heavy atom. The Balaban J connectivity index is 2.79. The van der Waals surface area contributed by atoms with Crippen molar-refractivity contribution in [3.05, 3.63) is 29.8 Å². The predicted molar refractivity (Wildman–Crippen MR) is 75.3 cm³/mol. The van der Waals surface area contributed by atoms with Gasteiger partial charge in [0, 0.05) is 16.1 Å². The second kappa shape index (κ2) is 6.28. The van der Waals surface area contributed by atoms with Gasteiger partial charge in [-0.25, -0.2) is 0 Å². The summed E-state index contributed by atoms with van der Waals surface area (Å²) in [5, 5.41) is 0. The first-order valence-corrected chi connectivity index (χ1v) is 6.69. The van der Waals surface area contributed by atoms with Crippen LogP contribution in [0.25, 0.3) is 0 Å². The molecule has 0 amide bonds. The number of methoxy groups -OCH3 is 1. The topological polar surface area (TPSA) is 47.3 Å². The molecule has 4 heteroatoms. The maximum absolute atomic E-state index is 5.64. The molecule has 0 fully saturated rings. The lowest BCUT2D eigenvalue weighted by Crippen LogP contribution is -2.31. The van der Waals surface area contributed by atoms with E-state index in [4.69, 9.17) is 10.6 Å². The fourth-order valence-corrected chi connectivity index (χ4v) is 2.46. The third-order valence-electron chi connectivity index (χ3n) is 2.40. The zero-order chi connectivity index (χ0) is 12.9. The monoisotopic (exact) mass is 254 g/mol. The minimum atomic E-state index is 0.107. The Kier molecular flexibility index (Phi) is 5.31. The highest BCUT2D eigenvalue weighted by Crippen LogP contribution is 2.31. The van der Waals surface area contributed by atoms with E-state index in [2.05, 4.69) is 26.2 Å². The van der Waals surface area contributed by atoms with E-state index in [-0.39, 0.29) is 10.8 Å². The van der Waals surface area contributed by atoms with Gasteiger partial charge < -0.3 is 4.74 Å². The molecule has 1 unspecified atom stereocenters. The quantitative estimate of drug-likeness (QED) is 0.626. The first kappa shape index (κ1) is 14.4. The minimum Gasteiger partial charge on any atom is -0.496 e. The molecule has 0 aliphatic rings. The number of hydrogen-bond donors (Lipinski definition) is 2. The van der Waals surface area contributed by atoms with Crippen LogP contribution in [0.15, 0.2) is 24.3 Å². The van der Waals surface area contributed by atoms with Crippen LogP contribution < -0.4 is 16.0 Å². The minimum absolute atomic E-state index is 0.107. The molecule has 0 aromatic heterocycles. The number of thioether (sulfide) groups is 1. The van der Waals surface area contributed by atoms with Crippen LogP contribution in [0.2, 0.25) is 0 Å². The molecule has 0 aliphatic carbocycles. The normalized spacial score (nSPS) is 13.5. The fourth-order valence-electron chi connectivity index (χ4n) is 1.52. The number of ether oxygens (including phenoxy) is 1. The number of hydrazine groups is 1. The highest BCUT2D eigenvalue weighted by Gasteiger charge is 2.18. The number of nitrogens with one attached hydrogen (secondary N) is 1. The summed E-state index contributed by atoms with van der Waals surface area (Å²) >= 11 is 1.88. The maximum Gasteiger partial charge on any atom is 0.123 e. The third-order valence-corrected chi connectivity index (χ3v) is 3.76. The zero-order valence-electron chi connectivity index (χ0n) is 11.0. The molecular formula is C13H22N2OS. The molecule has 0 aliphatic heterocycles. The Bertz CT molecular complexity index is 350. The summed E-state index contributed by atoms with van der Waals surface area (Å²) in [5.74, 6) is 7.44. The molecule has 1 atom stereocenters. The molecule has 0 heterocycles. The van der Waals surface area contributed by atoms with Crippen molar-refractivity contribution in [1.82, 2.24) is 5.43 Å². The number of nitrogens with two attached hydrogens (primary N) is 1. The number of rotatable bonds is 5. The van der Waals surface area contributed by atoms with Gasteiger partial charge in [-0.1, -0.05) is 39.0 Å². The van der Waals surface area contributed by atoms with Crippen molar-refractivity contribution in [3.8, 4) is 5.75 Å². The molecule has 0 saturated heterocycles. The number of hydrogen-bond acceptors (Lipinski definition) is 4. The fraction of sp³-hybridized carbons (Fsp3) is 0.538. The van der Waals surface area contributed by atoms with Gasteiger partial charge in [0.2, 0.25) is 0 Å². The molecule has 3 N–H and O–H groups in total. The molecule has 0 spiro atoms. The summed E-state index contributed by atoms with van der Waals surface area (Å²) in [6.07, 6.45) is 0. The summed E-state index contributed by atoms with van der Waals surface area (Å²) < 4.78 is 5.59. The summed E-state index contributed by atoms with van der Waals surface area (Å²) in [6.45, 7) is 6.61. The molecule has 3 nitrogen and oxygen atoms in total. The van der Waals surface area contributed by atoms with Gasteiger partial charge in [0.05, 0.1) is 13.2 Å². The van der Waals surface area contributed by atoms with Crippen molar-refractivity contribution >= 4 is 11.8 Å². The van der Waals surface area contributed by atoms with Crippen LogP contribution >= 0.6 is 11.8 Å². The van der Waals surface area contributed by atoms with Crippen molar-refractivity contribution in [2.45, 2.75) is 31.6 Å². The van der Waals surface area contributed by atoms with Crippen LogP contribution in [-0.4, -0.2) is 17.6 Å². The Hall–Kier alpha value is -0.710. The molecule has 0 bridgehead atoms. The van der Waals surface area contributed by atoms with Gasteiger partial charge in [0.1, 0.15) is 5.75 Å². The van der Waals surface area contributed by atoms with E-state index in [0.717, 1.165) is 17.1 Å². The molecule has 0 saturated carbocycles. The van der Waals surface area contributed by atoms with E-state index in [1.165, 1.54) is 0 Å². The largest absolute Gasteiger partial charge is 0.496 e. The van der Waals surface area contributed by atoms with Crippen molar-refractivity contribution in [2.75, 3.05) is 12.9 Å². The number of para-hydroxylation sites is 1. The SMILES string of the molecule is COc1ccccc1C(CSC(C)(C)C)NN. The average Bonchev–Trinajstić information content (AvgIpc) is 2.29. The summed E-state index contributed by atoms with van der Waals surface area (Å²) in [6, 6.07) is 8.08. The second-order valence-electron chi connectivity index (χ2n) is 4.88. The zero-order valence-corrected chi connectivity index (χ0v) is 11.8. The first-order valence-electron chi connectivity index (χ1n) is 5.71. The summed E-state index contributed by atoms with van der Waals surface area (Å²) in [4.78, 5) is 0. The molecular weight excluding hydrogens is 232 g/mol. The van der Waals surface area contributed by atoms with Gasteiger partial charge in [-0.05, 0) is 6.07 Å². The maximum atomic E-state index is 5.64. The van der Waals surface area contributed by atoms with Crippen LogP contribution in [0.3, 0.4) is 0 Å². The van der Waals surface area contributed by atoms with Gasteiger partial charge in [0.15, 0.2) is 0 Å². The standard InChI is InChI=1S/C13H22N2OS/c1-13(2,3)17-9-11(15-14)10-7-5-6-8-12(10)16-4/h5-8,11,15H,9,14H2,1-4H3. The van der Waals surface area contributed by atoms with E-state index >= 15 is 0 Å². The van der Waals surface area contributed by atoms with Crippen LogP contribution in [-0.2, 0) is 0 Å². The molecule has 1 rings (SSSR count). The van der Waals surface area contributed by atoms with Crippen molar-refractivity contribution in [3.63, 3.8) is 0 Å². The van der Waals surface area contributed by atoms with Gasteiger partial charge in [-0.3, -0.25) is 11.3 Å². The molecule has 1 aromatic carbocycles. The Labute approximate surface area is 108 Å². The lowest BCUT2D eigenvalue weighted by Gasteiger charge is -2.23. The lowest BCUT2D eigenvalue weighted by atomic mass is 10.1. The van der Waals surface area contributed by atoms with Gasteiger partial charge in [-0.2, -0.15) is 11.8 Å². The lowest BCUT2D eigenvalue weighted by molar-refractivity contribution is 0.403. The third kappa shape index (κ3) is 4.58. The Morgan fingerprint density at radius 1 is 1.35 bits per heavy atom. The molecule has 17 heavy (non-hydrogen) atoms. The van der Waals surface area contributed by atoms with E-state index in [1.54, 1.807) is 7.11 Å². The molecule has 96 valence electrons. The van der Waals surface area contributed by atoms with Crippen molar-refractivity contribution in [1.29, 1.82) is 0 Å². The van der Waals surface area contributed by atoms with E-state index in [0.29, 0.717) is 0 Å². The van der Waals surface area contributed by atoms with E-state index < -0.39 is 0 Å². The highest BCUT2D eigenvalue weighted by atomic mass is 32.2. The second-order valence-corrected chi connectivity index (χ2v) is 6.73. The molecule has 0 radical (unpaired) electrons. The van der Waals surface area contributed by atoms with Crippen molar-refractivity contribution < 1.29 is 4.74 Å². The average molecular weight is 254 g/mol. The van der Waals surface area contributed by atoms with Gasteiger partial charge in [0.25, 0.3) is 0 Å². The van der Waals surface area contributed by atoms with Crippen LogP contribution in [0.5, 0.6) is 5.75 Å². The van der Waals surface area contributed by atoms with Crippen LogP contribution in [0, 0.1) is 0 Å². The smallest absolute Gasteiger partial charge is 0.123 e. The van der Waals surface area contributed by atoms with E-state index in [9.17, 15) is 0 Å². The Morgan fingerprint density at radius 2 is 2.00 bits per heavy atom.